The SMILES string of the molecule is C[C@@H]1CN(c2cncc(CC3CCN(S(C)(=O)=O)CC3)n2)C(=O)O1. The summed E-state index contributed by atoms with van der Waals surface area (Å²) in [6.07, 6.45) is 6.32. The average molecular weight is 354 g/mol. The molecule has 3 heterocycles. The van der Waals surface area contributed by atoms with E-state index in [0.717, 1.165) is 25.0 Å². The number of anilines is 1. The number of rotatable bonds is 4. The van der Waals surface area contributed by atoms with Crippen LogP contribution < -0.4 is 4.90 Å². The lowest BCUT2D eigenvalue weighted by molar-refractivity contribution is 0.150. The number of hydrogen-bond donors (Lipinski definition) is 0. The number of piperidine rings is 1. The first-order valence-corrected chi connectivity index (χ1v) is 9.92. The molecule has 1 amide bonds. The van der Waals surface area contributed by atoms with Gasteiger partial charge in [-0.25, -0.2) is 22.5 Å². The van der Waals surface area contributed by atoms with Gasteiger partial charge in [-0.05, 0) is 32.1 Å². The minimum absolute atomic E-state index is 0.150. The van der Waals surface area contributed by atoms with Gasteiger partial charge in [-0.3, -0.25) is 9.88 Å². The molecule has 2 fully saturated rings. The summed E-state index contributed by atoms with van der Waals surface area (Å²) in [5, 5.41) is 0. The van der Waals surface area contributed by atoms with Crippen LogP contribution in [0.5, 0.6) is 0 Å². The highest BCUT2D eigenvalue weighted by atomic mass is 32.2. The zero-order valence-corrected chi connectivity index (χ0v) is 14.7. The molecule has 1 atom stereocenters. The van der Waals surface area contributed by atoms with Gasteiger partial charge in [0.2, 0.25) is 10.0 Å². The molecule has 2 aliphatic rings. The van der Waals surface area contributed by atoms with Crippen molar-refractivity contribution in [3.05, 3.63) is 18.1 Å². The molecule has 3 rings (SSSR count). The zero-order valence-electron chi connectivity index (χ0n) is 13.9. The third kappa shape index (κ3) is 3.84. The van der Waals surface area contributed by atoms with E-state index in [1.807, 2.05) is 6.92 Å². The molecule has 0 N–H and O–H groups in total. The molecule has 0 aromatic carbocycles. The predicted molar refractivity (Wildman–Crippen MR) is 88.2 cm³/mol. The van der Waals surface area contributed by atoms with Gasteiger partial charge in [-0.2, -0.15) is 0 Å². The first kappa shape index (κ1) is 17.1. The van der Waals surface area contributed by atoms with Crippen molar-refractivity contribution in [1.29, 1.82) is 0 Å². The Kier molecular flexibility index (Phi) is 4.73. The van der Waals surface area contributed by atoms with Crippen LogP contribution in [0.15, 0.2) is 12.4 Å². The van der Waals surface area contributed by atoms with Crippen LogP contribution in [0.4, 0.5) is 10.6 Å². The van der Waals surface area contributed by atoms with Crippen LogP contribution in [0.2, 0.25) is 0 Å². The first-order chi connectivity index (χ1) is 11.3. The molecule has 0 bridgehead atoms. The lowest BCUT2D eigenvalue weighted by Gasteiger charge is -2.30. The summed E-state index contributed by atoms with van der Waals surface area (Å²) in [5.41, 5.74) is 0.817. The molecule has 0 saturated carbocycles. The number of ether oxygens (including phenoxy) is 1. The molecule has 1 aromatic rings. The molecule has 24 heavy (non-hydrogen) atoms. The average Bonchev–Trinajstić information content (AvgIpc) is 2.86. The highest BCUT2D eigenvalue weighted by molar-refractivity contribution is 7.88. The van der Waals surface area contributed by atoms with E-state index >= 15 is 0 Å². The summed E-state index contributed by atoms with van der Waals surface area (Å²) < 4.78 is 29.7. The maximum Gasteiger partial charge on any atom is 0.415 e. The molecular weight excluding hydrogens is 332 g/mol. The standard InChI is InChI=1S/C15H22N4O4S/c1-11-10-19(15(20)23-11)14-9-16-8-13(17-14)7-12-3-5-18(6-4-12)24(2,21)22/h8-9,11-12H,3-7,10H2,1-2H3/t11-/m1/s1. The van der Waals surface area contributed by atoms with E-state index in [1.54, 1.807) is 12.4 Å². The monoisotopic (exact) mass is 354 g/mol. The van der Waals surface area contributed by atoms with E-state index in [4.69, 9.17) is 4.74 Å². The quantitative estimate of drug-likeness (QED) is 0.802. The van der Waals surface area contributed by atoms with Gasteiger partial charge in [-0.1, -0.05) is 0 Å². The number of hydrogen-bond acceptors (Lipinski definition) is 6. The smallest absolute Gasteiger partial charge is 0.415 e. The van der Waals surface area contributed by atoms with Crippen molar-refractivity contribution < 1.29 is 17.9 Å². The summed E-state index contributed by atoms with van der Waals surface area (Å²) in [6, 6.07) is 0. The molecule has 0 unspecified atom stereocenters. The van der Waals surface area contributed by atoms with Gasteiger partial charge in [0.05, 0.1) is 24.7 Å². The Labute approximate surface area is 141 Å². The Balaban J connectivity index is 1.63. The van der Waals surface area contributed by atoms with Crippen LogP contribution in [0.3, 0.4) is 0 Å². The molecule has 1 aromatic heterocycles. The number of sulfonamides is 1. The second-order valence-electron chi connectivity index (χ2n) is 6.48. The van der Waals surface area contributed by atoms with E-state index in [2.05, 4.69) is 9.97 Å². The third-order valence-electron chi connectivity index (χ3n) is 4.45. The molecule has 0 aliphatic carbocycles. The Morgan fingerprint density at radius 2 is 2.00 bits per heavy atom. The second-order valence-corrected chi connectivity index (χ2v) is 8.47. The van der Waals surface area contributed by atoms with Gasteiger partial charge in [0, 0.05) is 19.3 Å². The van der Waals surface area contributed by atoms with Crippen LogP contribution in [0, 0.1) is 5.92 Å². The molecule has 9 heteroatoms. The fourth-order valence-corrected chi connectivity index (χ4v) is 4.03. The van der Waals surface area contributed by atoms with Gasteiger partial charge in [0.15, 0.2) is 5.82 Å². The molecule has 0 spiro atoms. The summed E-state index contributed by atoms with van der Waals surface area (Å²) in [7, 11) is -3.10. The van der Waals surface area contributed by atoms with Gasteiger partial charge in [-0.15, -0.1) is 0 Å². The maximum atomic E-state index is 11.8. The number of cyclic esters (lactones) is 1. The van der Waals surface area contributed by atoms with Crippen LogP contribution >= 0.6 is 0 Å². The maximum absolute atomic E-state index is 11.8. The lowest BCUT2D eigenvalue weighted by Crippen LogP contribution is -2.38. The van der Waals surface area contributed by atoms with Crippen molar-refractivity contribution in [2.45, 2.75) is 32.3 Å². The number of nitrogens with zero attached hydrogens (tertiary/aromatic N) is 4. The van der Waals surface area contributed by atoms with Crippen LogP contribution in [0.25, 0.3) is 0 Å². The van der Waals surface area contributed by atoms with Gasteiger partial charge in [0.1, 0.15) is 6.10 Å². The van der Waals surface area contributed by atoms with E-state index in [9.17, 15) is 13.2 Å². The van der Waals surface area contributed by atoms with Crippen molar-refractivity contribution in [3.63, 3.8) is 0 Å². The summed E-state index contributed by atoms with van der Waals surface area (Å²) in [4.78, 5) is 22.0. The Hall–Kier alpha value is -1.74. The van der Waals surface area contributed by atoms with Crippen LogP contribution in [-0.4, -0.2) is 60.8 Å². The van der Waals surface area contributed by atoms with Crippen molar-refractivity contribution in [2.75, 3.05) is 30.8 Å². The molecule has 132 valence electrons. The summed E-state index contributed by atoms with van der Waals surface area (Å²) in [5.74, 6) is 0.882. The summed E-state index contributed by atoms with van der Waals surface area (Å²) in [6.45, 7) is 3.41. The van der Waals surface area contributed by atoms with E-state index in [1.165, 1.54) is 15.5 Å². The minimum atomic E-state index is -3.10. The van der Waals surface area contributed by atoms with Gasteiger partial charge >= 0.3 is 6.09 Å². The topological polar surface area (TPSA) is 92.7 Å². The minimum Gasteiger partial charge on any atom is -0.444 e. The molecular formula is C15H22N4O4S. The molecule has 2 aliphatic heterocycles. The van der Waals surface area contributed by atoms with Crippen LogP contribution in [-0.2, 0) is 21.2 Å². The largest absolute Gasteiger partial charge is 0.444 e. The van der Waals surface area contributed by atoms with Crippen molar-refractivity contribution >= 4 is 21.9 Å². The Morgan fingerprint density at radius 1 is 1.29 bits per heavy atom. The fraction of sp³-hybridized carbons (Fsp3) is 0.667. The van der Waals surface area contributed by atoms with Crippen molar-refractivity contribution in [1.82, 2.24) is 14.3 Å². The lowest BCUT2D eigenvalue weighted by atomic mass is 9.93. The van der Waals surface area contributed by atoms with Gasteiger partial charge < -0.3 is 4.74 Å². The fourth-order valence-electron chi connectivity index (χ4n) is 3.16. The van der Waals surface area contributed by atoms with Crippen molar-refractivity contribution in [2.24, 2.45) is 5.92 Å². The van der Waals surface area contributed by atoms with Gasteiger partial charge in [0.25, 0.3) is 0 Å². The van der Waals surface area contributed by atoms with Crippen molar-refractivity contribution in [3.8, 4) is 0 Å². The third-order valence-corrected chi connectivity index (χ3v) is 5.75. The number of carbonyl (C=O) groups excluding carboxylic acids is 1. The first-order valence-electron chi connectivity index (χ1n) is 8.07. The zero-order chi connectivity index (χ0) is 17.3. The number of amides is 1. The molecule has 0 radical (unpaired) electrons. The molecule has 2 saturated heterocycles. The number of carbonyl (C=O) groups is 1. The highest BCUT2D eigenvalue weighted by Gasteiger charge is 2.31. The second kappa shape index (κ2) is 6.64. The normalized spacial score (nSPS) is 23.5. The highest BCUT2D eigenvalue weighted by Crippen LogP contribution is 2.24. The predicted octanol–water partition coefficient (Wildman–Crippen LogP) is 1.04. The van der Waals surface area contributed by atoms with E-state index in [0.29, 0.717) is 31.4 Å². The van der Waals surface area contributed by atoms with E-state index < -0.39 is 16.1 Å². The Morgan fingerprint density at radius 3 is 2.58 bits per heavy atom. The van der Waals surface area contributed by atoms with Crippen LogP contribution in [0.1, 0.15) is 25.5 Å². The summed E-state index contributed by atoms with van der Waals surface area (Å²) >= 11 is 0. The molecule has 8 nitrogen and oxygen atoms in total. The Bertz CT molecular complexity index is 716. The van der Waals surface area contributed by atoms with E-state index in [-0.39, 0.29) is 6.10 Å². The number of aromatic nitrogens is 2.